The van der Waals surface area contributed by atoms with Gasteiger partial charge in [0, 0.05) is 0 Å². The number of phenols is 1. The van der Waals surface area contributed by atoms with E-state index in [9.17, 15) is 4.39 Å². The highest BCUT2D eigenvalue weighted by molar-refractivity contribution is 5.46. The Morgan fingerprint density at radius 2 is 2.13 bits per heavy atom. The zero-order valence-electron chi connectivity index (χ0n) is 8.92. The van der Waals surface area contributed by atoms with Gasteiger partial charge in [0.2, 0.25) is 11.6 Å². The van der Waals surface area contributed by atoms with Gasteiger partial charge in [-0.15, -0.1) is 0 Å². The first-order valence-electron chi connectivity index (χ1n) is 4.89. The number of benzene rings is 1. The van der Waals surface area contributed by atoms with Crippen LogP contribution < -0.4 is 9.47 Å². The monoisotopic (exact) mass is 214 g/mol. The van der Waals surface area contributed by atoms with Crippen molar-refractivity contribution in [3.8, 4) is 17.2 Å². The van der Waals surface area contributed by atoms with Crippen molar-refractivity contribution in [3.05, 3.63) is 17.9 Å². The van der Waals surface area contributed by atoms with Gasteiger partial charge >= 0.3 is 0 Å². The molecule has 0 spiro atoms. The molecule has 0 saturated heterocycles. The molecule has 0 aliphatic carbocycles. The van der Waals surface area contributed by atoms with Crippen LogP contribution in [-0.2, 0) is 0 Å². The second-order valence-corrected chi connectivity index (χ2v) is 3.13. The number of hydrogen-bond acceptors (Lipinski definition) is 3. The minimum atomic E-state index is -0.773. The van der Waals surface area contributed by atoms with Crippen molar-refractivity contribution >= 4 is 0 Å². The molecule has 0 aliphatic heterocycles. The molecule has 84 valence electrons. The number of methoxy groups -OCH3 is 1. The molecule has 1 aromatic rings. The highest BCUT2D eigenvalue weighted by Crippen LogP contribution is 2.35. The summed E-state index contributed by atoms with van der Waals surface area (Å²) in [6.07, 6.45) is 1.79. The smallest absolute Gasteiger partial charge is 0.210 e. The van der Waals surface area contributed by atoms with Gasteiger partial charge in [0.1, 0.15) is 0 Å². The lowest BCUT2D eigenvalue weighted by Gasteiger charge is -2.11. The number of phenolic OH excluding ortho intramolecular Hbond substituents is 1. The molecule has 0 atom stereocenters. The van der Waals surface area contributed by atoms with Crippen LogP contribution in [0.25, 0.3) is 0 Å². The quantitative estimate of drug-likeness (QED) is 0.766. The lowest BCUT2D eigenvalue weighted by molar-refractivity contribution is 0.268. The topological polar surface area (TPSA) is 38.7 Å². The SMILES string of the molecule is CCCCOc1c(OC)ccc(O)c1F. The Labute approximate surface area is 88.4 Å². The van der Waals surface area contributed by atoms with Gasteiger partial charge in [-0.05, 0) is 18.6 Å². The molecular formula is C11H15FO3. The molecular weight excluding hydrogens is 199 g/mol. The first-order valence-corrected chi connectivity index (χ1v) is 4.89. The highest BCUT2D eigenvalue weighted by Gasteiger charge is 2.14. The van der Waals surface area contributed by atoms with Crippen molar-refractivity contribution in [2.45, 2.75) is 19.8 Å². The van der Waals surface area contributed by atoms with Crippen molar-refractivity contribution in [2.75, 3.05) is 13.7 Å². The second-order valence-electron chi connectivity index (χ2n) is 3.13. The Hall–Kier alpha value is -1.45. The number of unbranched alkanes of at least 4 members (excludes halogenated alkanes) is 1. The van der Waals surface area contributed by atoms with Crippen LogP contribution in [-0.4, -0.2) is 18.8 Å². The summed E-state index contributed by atoms with van der Waals surface area (Å²) < 4.78 is 23.6. The number of rotatable bonds is 5. The Morgan fingerprint density at radius 3 is 2.73 bits per heavy atom. The van der Waals surface area contributed by atoms with E-state index in [1.165, 1.54) is 19.2 Å². The summed E-state index contributed by atoms with van der Waals surface area (Å²) >= 11 is 0. The van der Waals surface area contributed by atoms with E-state index in [1.807, 2.05) is 6.92 Å². The maximum atomic E-state index is 13.4. The Balaban J connectivity index is 2.86. The van der Waals surface area contributed by atoms with E-state index in [1.54, 1.807) is 0 Å². The normalized spacial score (nSPS) is 10.1. The average Bonchev–Trinajstić information content (AvgIpc) is 2.25. The zero-order chi connectivity index (χ0) is 11.3. The zero-order valence-corrected chi connectivity index (χ0v) is 8.92. The third-order valence-corrected chi connectivity index (χ3v) is 2.00. The predicted molar refractivity (Wildman–Crippen MR) is 55.0 cm³/mol. The number of halogens is 1. The molecule has 0 heterocycles. The summed E-state index contributed by atoms with van der Waals surface area (Å²) in [5, 5.41) is 9.17. The van der Waals surface area contributed by atoms with Gasteiger partial charge in [-0.25, -0.2) is 0 Å². The molecule has 1 N–H and O–H groups in total. The molecule has 1 rings (SSSR count). The van der Waals surface area contributed by atoms with Crippen LogP contribution in [0.15, 0.2) is 12.1 Å². The molecule has 15 heavy (non-hydrogen) atoms. The molecule has 3 nitrogen and oxygen atoms in total. The summed E-state index contributed by atoms with van der Waals surface area (Å²) in [6.45, 7) is 2.42. The van der Waals surface area contributed by atoms with Gasteiger partial charge < -0.3 is 14.6 Å². The number of hydrogen-bond donors (Lipinski definition) is 1. The third kappa shape index (κ3) is 2.75. The van der Waals surface area contributed by atoms with Crippen LogP contribution >= 0.6 is 0 Å². The fourth-order valence-electron chi connectivity index (χ4n) is 1.14. The van der Waals surface area contributed by atoms with Gasteiger partial charge in [-0.3, -0.25) is 0 Å². The largest absolute Gasteiger partial charge is 0.505 e. The molecule has 0 saturated carbocycles. The van der Waals surface area contributed by atoms with E-state index in [2.05, 4.69) is 0 Å². The lowest BCUT2D eigenvalue weighted by atomic mass is 10.3. The summed E-state index contributed by atoms with van der Waals surface area (Å²) in [5.74, 6) is -0.930. The second kappa shape index (κ2) is 5.44. The fraction of sp³-hybridized carbons (Fsp3) is 0.455. The summed E-state index contributed by atoms with van der Waals surface area (Å²) in [6, 6.07) is 2.71. The first-order chi connectivity index (χ1) is 7.20. The van der Waals surface area contributed by atoms with E-state index in [-0.39, 0.29) is 5.75 Å². The van der Waals surface area contributed by atoms with Crippen molar-refractivity contribution in [3.63, 3.8) is 0 Å². The molecule has 0 amide bonds. The van der Waals surface area contributed by atoms with E-state index in [0.717, 1.165) is 12.8 Å². The number of ether oxygens (including phenoxy) is 2. The molecule has 1 aromatic carbocycles. The van der Waals surface area contributed by atoms with Crippen LogP contribution in [0.2, 0.25) is 0 Å². The molecule has 0 radical (unpaired) electrons. The number of aromatic hydroxyl groups is 1. The van der Waals surface area contributed by atoms with E-state index < -0.39 is 11.6 Å². The average molecular weight is 214 g/mol. The van der Waals surface area contributed by atoms with Crippen molar-refractivity contribution in [1.82, 2.24) is 0 Å². The fourth-order valence-corrected chi connectivity index (χ4v) is 1.14. The van der Waals surface area contributed by atoms with Crippen LogP contribution in [0.4, 0.5) is 4.39 Å². The van der Waals surface area contributed by atoms with E-state index in [0.29, 0.717) is 12.4 Å². The van der Waals surface area contributed by atoms with E-state index >= 15 is 0 Å². The van der Waals surface area contributed by atoms with Gasteiger partial charge in [0.15, 0.2) is 11.5 Å². The maximum absolute atomic E-state index is 13.4. The predicted octanol–water partition coefficient (Wildman–Crippen LogP) is 2.72. The minimum absolute atomic E-state index is 0.0223. The highest BCUT2D eigenvalue weighted by atomic mass is 19.1. The Kier molecular flexibility index (Phi) is 4.21. The van der Waals surface area contributed by atoms with Crippen LogP contribution in [0, 0.1) is 5.82 Å². The minimum Gasteiger partial charge on any atom is -0.505 e. The van der Waals surface area contributed by atoms with Gasteiger partial charge in [0.05, 0.1) is 13.7 Å². The summed E-state index contributed by atoms with van der Waals surface area (Å²) in [4.78, 5) is 0. The standard InChI is InChI=1S/C11H15FO3/c1-3-4-7-15-11-9(14-2)6-5-8(13)10(11)12/h5-6,13H,3-4,7H2,1-2H3. The molecule has 0 fully saturated rings. The molecule has 0 aliphatic rings. The Bertz CT molecular complexity index is 326. The van der Waals surface area contributed by atoms with E-state index in [4.69, 9.17) is 14.6 Å². The molecule has 0 unspecified atom stereocenters. The van der Waals surface area contributed by atoms with Crippen LogP contribution in [0.1, 0.15) is 19.8 Å². The lowest BCUT2D eigenvalue weighted by Crippen LogP contribution is -2.01. The summed E-state index contributed by atoms with van der Waals surface area (Å²) in [5.41, 5.74) is 0. The van der Waals surface area contributed by atoms with Gasteiger partial charge in [-0.1, -0.05) is 13.3 Å². The first kappa shape index (κ1) is 11.6. The van der Waals surface area contributed by atoms with Crippen molar-refractivity contribution in [1.29, 1.82) is 0 Å². The van der Waals surface area contributed by atoms with Gasteiger partial charge in [-0.2, -0.15) is 4.39 Å². The molecule has 4 heteroatoms. The van der Waals surface area contributed by atoms with Crippen molar-refractivity contribution in [2.24, 2.45) is 0 Å². The third-order valence-electron chi connectivity index (χ3n) is 2.00. The van der Waals surface area contributed by atoms with Crippen LogP contribution in [0.5, 0.6) is 17.2 Å². The van der Waals surface area contributed by atoms with Crippen molar-refractivity contribution < 1.29 is 19.0 Å². The van der Waals surface area contributed by atoms with Gasteiger partial charge in [0.25, 0.3) is 0 Å². The maximum Gasteiger partial charge on any atom is 0.210 e. The Morgan fingerprint density at radius 1 is 1.40 bits per heavy atom. The summed E-state index contributed by atoms with van der Waals surface area (Å²) in [7, 11) is 1.43. The molecule has 0 aromatic heterocycles. The van der Waals surface area contributed by atoms with Crippen LogP contribution in [0.3, 0.4) is 0 Å². The molecule has 0 bridgehead atoms.